The fourth-order valence-electron chi connectivity index (χ4n) is 4.22. The molecule has 0 aliphatic heterocycles. The van der Waals surface area contributed by atoms with Crippen molar-refractivity contribution in [2.75, 3.05) is 0 Å². The maximum absolute atomic E-state index is 13.5. The minimum absolute atomic E-state index is 0.124. The third kappa shape index (κ3) is 3.53. The third-order valence-electron chi connectivity index (χ3n) is 5.90. The van der Waals surface area contributed by atoms with Gasteiger partial charge in [0.25, 0.3) is 5.56 Å². The van der Waals surface area contributed by atoms with E-state index in [-0.39, 0.29) is 5.56 Å². The maximum atomic E-state index is 13.5. The van der Waals surface area contributed by atoms with E-state index in [0.717, 1.165) is 27.5 Å². The first-order valence-electron chi connectivity index (χ1n) is 11.0. The number of rotatable bonds is 4. The highest BCUT2D eigenvalue weighted by atomic mass is 32.2. The monoisotopic (exact) mass is 460 g/mol. The molecular formula is C28H20N4OS. The highest BCUT2D eigenvalue weighted by Gasteiger charge is 2.16. The second-order valence-electron chi connectivity index (χ2n) is 8.16. The van der Waals surface area contributed by atoms with Gasteiger partial charge in [0, 0.05) is 22.7 Å². The van der Waals surface area contributed by atoms with E-state index >= 15 is 0 Å². The molecule has 0 fully saturated rings. The summed E-state index contributed by atoms with van der Waals surface area (Å²) in [4.78, 5) is 27.8. The van der Waals surface area contributed by atoms with Gasteiger partial charge in [-0.25, -0.2) is 14.5 Å². The molecule has 0 bridgehead atoms. The van der Waals surface area contributed by atoms with Gasteiger partial charge in [-0.1, -0.05) is 72.4 Å². The molecule has 0 spiro atoms. The van der Waals surface area contributed by atoms with Crippen molar-refractivity contribution in [1.82, 2.24) is 19.5 Å². The van der Waals surface area contributed by atoms with E-state index in [1.54, 1.807) is 10.8 Å². The molecule has 3 heterocycles. The van der Waals surface area contributed by atoms with Crippen LogP contribution in [0.3, 0.4) is 0 Å². The number of pyridine rings is 2. The van der Waals surface area contributed by atoms with Gasteiger partial charge in [-0.05, 0) is 42.1 Å². The van der Waals surface area contributed by atoms with Gasteiger partial charge in [-0.2, -0.15) is 0 Å². The average molecular weight is 461 g/mol. The maximum Gasteiger partial charge on any atom is 0.267 e. The van der Waals surface area contributed by atoms with Crippen LogP contribution in [-0.2, 0) is 5.75 Å². The molecule has 6 aromatic rings. The molecule has 6 rings (SSSR count). The predicted octanol–water partition coefficient (Wildman–Crippen LogP) is 6.08. The van der Waals surface area contributed by atoms with Gasteiger partial charge in [-0.15, -0.1) is 0 Å². The minimum atomic E-state index is -0.124. The van der Waals surface area contributed by atoms with Gasteiger partial charge in [0.1, 0.15) is 5.82 Å². The van der Waals surface area contributed by atoms with Gasteiger partial charge >= 0.3 is 0 Å². The molecule has 0 saturated carbocycles. The van der Waals surface area contributed by atoms with Crippen molar-refractivity contribution in [2.24, 2.45) is 0 Å². The number of nitrogens with zero attached hydrogens (tertiary/aromatic N) is 4. The second kappa shape index (κ2) is 8.39. The smallest absolute Gasteiger partial charge is 0.267 e. The van der Waals surface area contributed by atoms with Crippen molar-refractivity contribution < 1.29 is 0 Å². The normalized spacial score (nSPS) is 11.4. The molecule has 34 heavy (non-hydrogen) atoms. The van der Waals surface area contributed by atoms with Crippen LogP contribution in [-0.4, -0.2) is 19.5 Å². The van der Waals surface area contributed by atoms with Gasteiger partial charge in [0.2, 0.25) is 0 Å². The van der Waals surface area contributed by atoms with Crippen LogP contribution in [0.15, 0.2) is 101 Å². The molecule has 5 nitrogen and oxygen atoms in total. The first-order valence-corrected chi connectivity index (χ1v) is 12.0. The number of aryl methyl sites for hydroxylation is 1. The molecule has 3 aromatic carbocycles. The molecule has 0 saturated heterocycles. The molecule has 0 unspecified atom stereocenters. The van der Waals surface area contributed by atoms with Crippen molar-refractivity contribution in [3.05, 3.63) is 113 Å². The van der Waals surface area contributed by atoms with E-state index in [1.165, 1.54) is 17.1 Å². The Morgan fingerprint density at radius 1 is 0.735 bits per heavy atom. The van der Waals surface area contributed by atoms with E-state index in [9.17, 15) is 4.79 Å². The molecule has 0 atom stereocenters. The van der Waals surface area contributed by atoms with Crippen molar-refractivity contribution in [2.45, 2.75) is 17.8 Å². The lowest BCUT2D eigenvalue weighted by Gasteiger charge is -2.13. The summed E-state index contributed by atoms with van der Waals surface area (Å²) in [6.45, 7) is 1.98. The average Bonchev–Trinajstić information content (AvgIpc) is 2.88. The highest BCUT2D eigenvalue weighted by Crippen LogP contribution is 2.30. The second-order valence-corrected chi connectivity index (χ2v) is 9.10. The summed E-state index contributed by atoms with van der Waals surface area (Å²) >= 11 is 1.50. The Bertz CT molecular complexity index is 1740. The quantitative estimate of drug-likeness (QED) is 0.181. The lowest BCUT2D eigenvalue weighted by atomic mass is 10.0. The van der Waals surface area contributed by atoms with E-state index < -0.39 is 0 Å². The third-order valence-corrected chi connectivity index (χ3v) is 6.85. The highest BCUT2D eigenvalue weighted by molar-refractivity contribution is 7.98. The van der Waals surface area contributed by atoms with Gasteiger partial charge in [0.15, 0.2) is 5.16 Å². The van der Waals surface area contributed by atoms with Crippen LogP contribution in [0, 0.1) is 6.92 Å². The van der Waals surface area contributed by atoms with Crippen LogP contribution in [0.2, 0.25) is 0 Å². The zero-order valence-electron chi connectivity index (χ0n) is 18.5. The summed E-state index contributed by atoms with van der Waals surface area (Å²) in [7, 11) is 0. The first kappa shape index (κ1) is 20.6. The number of fused-ring (bicyclic) bond motifs is 4. The summed E-state index contributed by atoms with van der Waals surface area (Å²) in [5, 5.41) is 4.59. The van der Waals surface area contributed by atoms with Crippen LogP contribution in [0.4, 0.5) is 0 Å². The number of hydrogen-bond donors (Lipinski definition) is 0. The fraction of sp³-hybridized carbons (Fsp3) is 0.0714. The zero-order valence-corrected chi connectivity index (χ0v) is 19.3. The largest absolute Gasteiger partial charge is 0.268 e. The van der Waals surface area contributed by atoms with Gasteiger partial charge in [0.05, 0.1) is 22.1 Å². The lowest BCUT2D eigenvalue weighted by molar-refractivity contribution is 0.794. The summed E-state index contributed by atoms with van der Waals surface area (Å²) in [6, 6.07) is 27.8. The van der Waals surface area contributed by atoms with E-state index in [1.807, 2.05) is 67.6 Å². The fourth-order valence-corrected chi connectivity index (χ4v) is 5.17. The number of aromatic nitrogens is 4. The van der Waals surface area contributed by atoms with E-state index in [4.69, 9.17) is 9.97 Å². The first-order chi connectivity index (χ1) is 16.7. The number of para-hydroxylation sites is 2. The molecule has 0 amide bonds. The molecule has 0 N–H and O–H groups in total. The lowest BCUT2D eigenvalue weighted by Crippen LogP contribution is -2.22. The van der Waals surface area contributed by atoms with Crippen LogP contribution >= 0.6 is 11.8 Å². The molecule has 0 aliphatic carbocycles. The standard InChI is InChI=1S/C28H20N4OS/c1-18-14-15-26(29-16-18)32-27(33)22-11-5-7-13-24(22)31-28(32)34-17-25-21-10-3-2-8-19(21)20-9-4-6-12-23(20)30-25/h2-16H,17H2,1H3. The summed E-state index contributed by atoms with van der Waals surface area (Å²) < 4.78 is 1.61. The van der Waals surface area contributed by atoms with Crippen molar-refractivity contribution in [3.63, 3.8) is 0 Å². The molecule has 0 aliphatic rings. The molecule has 6 heteroatoms. The molecular weight excluding hydrogens is 440 g/mol. The molecule has 0 radical (unpaired) electrons. The summed E-state index contributed by atoms with van der Waals surface area (Å²) in [6.07, 6.45) is 1.77. The van der Waals surface area contributed by atoms with Crippen LogP contribution < -0.4 is 5.56 Å². The molecule has 3 aromatic heterocycles. The van der Waals surface area contributed by atoms with E-state index in [0.29, 0.717) is 27.6 Å². The summed E-state index contributed by atoms with van der Waals surface area (Å²) in [5.41, 5.74) is 3.51. The van der Waals surface area contributed by atoms with Crippen LogP contribution in [0.5, 0.6) is 0 Å². The molecule has 164 valence electrons. The van der Waals surface area contributed by atoms with E-state index in [2.05, 4.69) is 29.2 Å². The summed E-state index contributed by atoms with van der Waals surface area (Å²) in [5.74, 6) is 1.13. The van der Waals surface area contributed by atoms with Crippen molar-refractivity contribution in [1.29, 1.82) is 0 Å². The SMILES string of the molecule is Cc1ccc(-n2c(SCc3nc4ccccc4c4ccccc34)nc3ccccc3c2=O)nc1. The zero-order chi connectivity index (χ0) is 23.1. The van der Waals surface area contributed by atoms with Gasteiger partial charge in [-0.3, -0.25) is 9.78 Å². The van der Waals surface area contributed by atoms with Crippen molar-refractivity contribution >= 4 is 44.3 Å². The minimum Gasteiger partial charge on any atom is -0.268 e. The number of benzene rings is 3. The Morgan fingerprint density at radius 2 is 1.38 bits per heavy atom. The number of thioether (sulfide) groups is 1. The van der Waals surface area contributed by atoms with Gasteiger partial charge < -0.3 is 0 Å². The Kier molecular flexibility index (Phi) is 5.08. The number of hydrogen-bond acceptors (Lipinski definition) is 5. The topological polar surface area (TPSA) is 60.7 Å². The van der Waals surface area contributed by atoms with Crippen molar-refractivity contribution in [3.8, 4) is 5.82 Å². The van der Waals surface area contributed by atoms with Crippen LogP contribution in [0.25, 0.3) is 38.4 Å². The van der Waals surface area contributed by atoms with Crippen LogP contribution in [0.1, 0.15) is 11.3 Å². The Balaban J connectivity index is 1.50. The predicted molar refractivity (Wildman–Crippen MR) is 139 cm³/mol. The Hall–Kier alpha value is -4.03. The Labute approximate surface area is 200 Å². The Morgan fingerprint density at radius 3 is 2.12 bits per heavy atom.